The lowest BCUT2D eigenvalue weighted by atomic mass is 9.67. The smallest absolute Gasteiger partial charge is 0.242 e. The SMILES string of the molecule is CCC1(CNS(=O)(=O)c2ccc(Cl)cc2N)CCC1. The molecule has 1 aromatic rings. The number of halogens is 1. The lowest BCUT2D eigenvalue weighted by Gasteiger charge is -2.41. The number of nitrogen functional groups attached to an aromatic ring is 1. The minimum absolute atomic E-state index is 0.0995. The molecule has 4 nitrogen and oxygen atoms in total. The first kappa shape index (κ1) is 14.6. The van der Waals surface area contributed by atoms with Crippen molar-refractivity contribution >= 4 is 27.3 Å². The monoisotopic (exact) mass is 302 g/mol. The minimum Gasteiger partial charge on any atom is -0.398 e. The summed E-state index contributed by atoms with van der Waals surface area (Å²) in [4.78, 5) is 0.0995. The van der Waals surface area contributed by atoms with Gasteiger partial charge in [0.15, 0.2) is 0 Å². The maximum atomic E-state index is 12.2. The van der Waals surface area contributed by atoms with Crippen LogP contribution < -0.4 is 10.5 Å². The van der Waals surface area contributed by atoms with Crippen LogP contribution in [-0.2, 0) is 10.0 Å². The number of anilines is 1. The Balaban J connectivity index is 2.14. The first-order valence-electron chi connectivity index (χ1n) is 6.43. The van der Waals surface area contributed by atoms with E-state index in [9.17, 15) is 8.42 Å². The molecule has 0 atom stereocenters. The molecule has 0 saturated heterocycles. The van der Waals surface area contributed by atoms with E-state index in [1.165, 1.54) is 24.6 Å². The molecule has 1 fully saturated rings. The van der Waals surface area contributed by atoms with Crippen LogP contribution in [0, 0.1) is 5.41 Å². The lowest BCUT2D eigenvalue weighted by Crippen LogP contribution is -2.41. The van der Waals surface area contributed by atoms with Crippen molar-refractivity contribution in [2.24, 2.45) is 5.41 Å². The fourth-order valence-electron chi connectivity index (χ4n) is 2.42. The van der Waals surface area contributed by atoms with Gasteiger partial charge >= 0.3 is 0 Å². The van der Waals surface area contributed by atoms with Gasteiger partial charge in [-0.25, -0.2) is 13.1 Å². The van der Waals surface area contributed by atoms with Gasteiger partial charge in [0.25, 0.3) is 0 Å². The largest absolute Gasteiger partial charge is 0.398 e. The summed E-state index contributed by atoms with van der Waals surface area (Å²) in [6, 6.07) is 4.43. The third kappa shape index (κ3) is 3.04. The predicted molar refractivity (Wildman–Crippen MR) is 77.6 cm³/mol. The summed E-state index contributed by atoms with van der Waals surface area (Å²) < 4.78 is 27.1. The molecule has 0 aliphatic heterocycles. The van der Waals surface area contributed by atoms with Gasteiger partial charge in [-0.1, -0.05) is 24.9 Å². The number of nitrogens with one attached hydrogen (secondary N) is 1. The van der Waals surface area contributed by atoms with Crippen molar-refractivity contribution in [2.45, 2.75) is 37.5 Å². The third-order valence-corrected chi connectivity index (χ3v) is 5.77. The highest BCUT2D eigenvalue weighted by molar-refractivity contribution is 7.89. The van der Waals surface area contributed by atoms with Gasteiger partial charge in [-0.2, -0.15) is 0 Å². The van der Waals surface area contributed by atoms with E-state index in [0.717, 1.165) is 19.3 Å². The van der Waals surface area contributed by atoms with Gasteiger partial charge in [-0.3, -0.25) is 0 Å². The Morgan fingerprint density at radius 3 is 2.58 bits per heavy atom. The zero-order valence-electron chi connectivity index (χ0n) is 10.9. The molecular formula is C13H19ClN2O2S. The van der Waals surface area contributed by atoms with E-state index in [1.807, 2.05) is 0 Å². The average Bonchev–Trinajstić information content (AvgIpc) is 2.27. The molecule has 0 aromatic heterocycles. The van der Waals surface area contributed by atoms with Gasteiger partial charge in [0.2, 0.25) is 10.0 Å². The molecule has 106 valence electrons. The molecule has 1 aromatic carbocycles. The third-order valence-electron chi connectivity index (χ3n) is 4.06. The molecule has 1 aliphatic carbocycles. The molecule has 0 unspecified atom stereocenters. The zero-order chi connectivity index (χ0) is 14.1. The van der Waals surface area contributed by atoms with Crippen molar-refractivity contribution in [1.82, 2.24) is 4.72 Å². The van der Waals surface area contributed by atoms with E-state index in [4.69, 9.17) is 17.3 Å². The normalized spacial score (nSPS) is 18.0. The Labute approximate surface area is 119 Å². The number of rotatable bonds is 5. The molecule has 19 heavy (non-hydrogen) atoms. The fourth-order valence-corrected chi connectivity index (χ4v) is 3.87. The second-order valence-corrected chi connectivity index (χ2v) is 7.39. The Morgan fingerprint density at radius 1 is 1.42 bits per heavy atom. The molecule has 0 bridgehead atoms. The zero-order valence-corrected chi connectivity index (χ0v) is 12.5. The molecule has 3 N–H and O–H groups in total. The molecular weight excluding hydrogens is 284 g/mol. The molecule has 6 heteroatoms. The highest BCUT2D eigenvalue weighted by Crippen LogP contribution is 2.43. The van der Waals surface area contributed by atoms with E-state index >= 15 is 0 Å². The Bertz CT molecular complexity index is 562. The van der Waals surface area contributed by atoms with E-state index in [0.29, 0.717) is 11.6 Å². The maximum Gasteiger partial charge on any atom is 0.242 e. The van der Waals surface area contributed by atoms with Crippen molar-refractivity contribution in [2.75, 3.05) is 12.3 Å². The van der Waals surface area contributed by atoms with Crippen molar-refractivity contribution in [3.8, 4) is 0 Å². The second-order valence-electron chi connectivity index (χ2n) is 5.21. The van der Waals surface area contributed by atoms with E-state index in [-0.39, 0.29) is 16.0 Å². The van der Waals surface area contributed by atoms with Crippen LogP contribution in [0.25, 0.3) is 0 Å². The molecule has 0 heterocycles. The first-order valence-corrected chi connectivity index (χ1v) is 8.29. The Kier molecular flexibility index (Phi) is 4.08. The van der Waals surface area contributed by atoms with Crippen LogP contribution in [-0.4, -0.2) is 15.0 Å². The first-order chi connectivity index (χ1) is 8.88. The van der Waals surface area contributed by atoms with Gasteiger partial charge in [0.1, 0.15) is 4.90 Å². The van der Waals surface area contributed by atoms with Gasteiger partial charge in [-0.15, -0.1) is 0 Å². The molecule has 2 rings (SSSR count). The van der Waals surface area contributed by atoms with Crippen LogP contribution in [0.1, 0.15) is 32.6 Å². The van der Waals surface area contributed by atoms with Crippen molar-refractivity contribution < 1.29 is 8.42 Å². The van der Waals surface area contributed by atoms with Crippen LogP contribution in [0.3, 0.4) is 0 Å². The van der Waals surface area contributed by atoms with Gasteiger partial charge < -0.3 is 5.73 Å². The summed E-state index contributed by atoms with van der Waals surface area (Å²) in [6.45, 7) is 2.58. The highest BCUT2D eigenvalue weighted by Gasteiger charge is 2.36. The highest BCUT2D eigenvalue weighted by atomic mass is 35.5. The quantitative estimate of drug-likeness (QED) is 0.822. The van der Waals surface area contributed by atoms with E-state index in [1.54, 1.807) is 0 Å². The number of hydrogen-bond donors (Lipinski definition) is 2. The van der Waals surface area contributed by atoms with Crippen molar-refractivity contribution in [3.05, 3.63) is 23.2 Å². The summed E-state index contributed by atoms with van der Waals surface area (Å²) in [5.74, 6) is 0. The summed E-state index contributed by atoms with van der Waals surface area (Å²) in [5, 5.41) is 0.431. The van der Waals surface area contributed by atoms with Crippen molar-refractivity contribution in [3.63, 3.8) is 0 Å². The number of benzene rings is 1. The van der Waals surface area contributed by atoms with Crippen LogP contribution >= 0.6 is 11.6 Å². The summed E-state index contributed by atoms with van der Waals surface area (Å²) >= 11 is 5.78. The van der Waals surface area contributed by atoms with Gasteiger partial charge in [0, 0.05) is 11.6 Å². The molecule has 1 saturated carbocycles. The topological polar surface area (TPSA) is 72.2 Å². The van der Waals surface area contributed by atoms with Crippen LogP contribution in [0.15, 0.2) is 23.1 Å². The van der Waals surface area contributed by atoms with Crippen molar-refractivity contribution in [1.29, 1.82) is 0 Å². The predicted octanol–water partition coefficient (Wildman–Crippen LogP) is 2.78. The fraction of sp³-hybridized carbons (Fsp3) is 0.538. The lowest BCUT2D eigenvalue weighted by molar-refractivity contribution is 0.133. The molecule has 0 amide bonds. The summed E-state index contributed by atoms with van der Waals surface area (Å²) in [7, 11) is -3.56. The van der Waals surface area contributed by atoms with E-state index in [2.05, 4.69) is 11.6 Å². The van der Waals surface area contributed by atoms with Gasteiger partial charge in [-0.05, 0) is 42.9 Å². The second kappa shape index (κ2) is 5.31. The van der Waals surface area contributed by atoms with Gasteiger partial charge in [0.05, 0.1) is 5.69 Å². The van der Waals surface area contributed by atoms with Crippen LogP contribution in [0.5, 0.6) is 0 Å². The number of hydrogen-bond acceptors (Lipinski definition) is 3. The number of nitrogens with two attached hydrogens (primary N) is 1. The van der Waals surface area contributed by atoms with E-state index < -0.39 is 10.0 Å². The Morgan fingerprint density at radius 2 is 2.11 bits per heavy atom. The minimum atomic E-state index is -3.56. The summed E-state index contributed by atoms with van der Waals surface area (Å²) in [5.41, 5.74) is 6.04. The summed E-state index contributed by atoms with van der Waals surface area (Å²) in [6.07, 6.45) is 4.34. The Hall–Kier alpha value is -0.780. The molecule has 0 spiro atoms. The van der Waals surface area contributed by atoms with Crippen LogP contribution in [0.4, 0.5) is 5.69 Å². The average molecular weight is 303 g/mol. The molecule has 1 aliphatic rings. The number of sulfonamides is 1. The maximum absolute atomic E-state index is 12.2. The van der Waals surface area contributed by atoms with Crippen LogP contribution in [0.2, 0.25) is 5.02 Å². The standard InChI is InChI=1S/C13H19ClN2O2S/c1-2-13(6-3-7-13)9-16-19(17,18)12-5-4-10(14)8-11(12)15/h4-5,8,16H,2-3,6-7,9,15H2,1H3. The molecule has 0 radical (unpaired) electrons.